The Hall–Kier alpha value is -3.26. The second kappa shape index (κ2) is 11.6. The van der Waals surface area contributed by atoms with Gasteiger partial charge in [0, 0.05) is 30.5 Å². The van der Waals surface area contributed by atoms with Crippen molar-refractivity contribution in [3.63, 3.8) is 0 Å². The predicted molar refractivity (Wildman–Crippen MR) is 136 cm³/mol. The van der Waals surface area contributed by atoms with Gasteiger partial charge in [-0.3, -0.25) is 0 Å². The van der Waals surface area contributed by atoms with E-state index in [0.717, 1.165) is 67.7 Å². The summed E-state index contributed by atoms with van der Waals surface area (Å²) in [6.45, 7) is 12.5. The van der Waals surface area contributed by atoms with E-state index >= 15 is 0 Å². The number of benzene rings is 2. The average Bonchev–Trinajstić information content (AvgIpc) is 2.87. The third kappa shape index (κ3) is 6.16. The van der Waals surface area contributed by atoms with E-state index in [1.165, 1.54) is 5.56 Å². The molecule has 33 heavy (non-hydrogen) atoms. The Kier molecular flexibility index (Phi) is 8.54. The fourth-order valence-corrected chi connectivity index (χ4v) is 4.51. The van der Waals surface area contributed by atoms with Gasteiger partial charge in [0.1, 0.15) is 0 Å². The van der Waals surface area contributed by atoms with Crippen molar-refractivity contribution in [2.75, 3.05) is 18.4 Å². The van der Waals surface area contributed by atoms with Crippen molar-refractivity contribution in [1.29, 1.82) is 5.26 Å². The lowest BCUT2D eigenvalue weighted by Gasteiger charge is -2.35. The molecule has 0 saturated carbocycles. The van der Waals surface area contributed by atoms with Crippen molar-refractivity contribution in [3.05, 3.63) is 71.3 Å². The molecule has 5 heteroatoms. The summed E-state index contributed by atoms with van der Waals surface area (Å²) in [5, 5.41) is 15.1. The number of nitrogens with one attached hydrogen (secondary N) is 2. The lowest BCUT2D eigenvalue weighted by atomic mass is 9.88. The fraction of sp³-hybridized carbons (Fsp3) is 0.429. The maximum Gasteiger partial charge on any atom is 0.319 e. The van der Waals surface area contributed by atoms with Gasteiger partial charge in [-0.2, -0.15) is 5.26 Å². The van der Waals surface area contributed by atoms with E-state index in [2.05, 4.69) is 79.3 Å². The molecule has 0 aromatic heterocycles. The van der Waals surface area contributed by atoms with Crippen molar-refractivity contribution < 1.29 is 4.79 Å². The molecule has 3 rings (SSSR count). The monoisotopic (exact) mass is 444 g/mol. The number of carbonyl (C=O) groups is 1. The van der Waals surface area contributed by atoms with Crippen LogP contribution in [0.5, 0.6) is 0 Å². The number of hydrogen-bond donors (Lipinski definition) is 2. The third-order valence-corrected chi connectivity index (χ3v) is 6.78. The predicted octanol–water partition coefficient (Wildman–Crippen LogP) is 6.28. The Balaban J connectivity index is 1.65. The first-order valence-corrected chi connectivity index (χ1v) is 12.1. The summed E-state index contributed by atoms with van der Waals surface area (Å²) in [5.74, 6) is 0.510. The van der Waals surface area contributed by atoms with Crippen molar-refractivity contribution in [3.8, 4) is 6.07 Å². The van der Waals surface area contributed by atoms with E-state index in [9.17, 15) is 4.79 Å². The minimum Gasteiger partial charge on any atom is -0.371 e. The van der Waals surface area contributed by atoms with Gasteiger partial charge in [0.25, 0.3) is 0 Å². The normalized spacial score (nSPS) is 14.1. The van der Waals surface area contributed by atoms with Crippen LogP contribution in [-0.4, -0.2) is 30.1 Å². The number of nitrogens with zero attached hydrogens (tertiary/aromatic N) is 2. The number of anilines is 1. The van der Waals surface area contributed by atoms with Gasteiger partial charge >= 0.3 is 6.03 Å². The molecule has 0 radical (unpaired) electrons. The number of nitriles is 1. The van der Waals surface area contributed by atoms with E-state index in [0.29, 0.717) is 11.5 Å². The van der Waals surface area contributed by atoms with Gasteiger partial charge in [0.2, 0.25) is 0 Å². The average molecular weight is 445 g/mol. The van der Waals surface area contributed by atoms with Crippen LogP contribution in [-0.2, 0) is 6.42 Å². The Morgan fingerprint density at radius 3 is 2.36 bits per heavy atom. The molecule has 2 N–H and O–H groups in total. The molecule has 0 atom stereocenters. The molecule has 0 bridgehead atoms. The van der Waals surface area contributed by atoms with Gasteiger partial charge in [-0.1, -0.05) is 51.6 Å². The maximum atomic E-state index is 12.5. The number of carbonyl (C=O) groups excluding carboxylic acids is 1. The summed E-state index contributed by atoms with van der Waals surface area (Å²) in [7, 11) is 0. The number of aryl methyl sites for hydroxylation is 1. The topological polar surface area (TPSA) is 68.2 Å². The van der Waals surface area contributed by atoms with Crippen LogP contribution in [0.1, 0.15) is 74.6 Å². The summed E-state index contributed by atoms with van der Waals surface area (Å²) >= 11 is 0. The van der Waals surface area contributed by atoms with Gasteiger partial charge in [-0.15, -0.1) is 0 Å². The minimum atomic E-state index is -0.149. The summed E-state index contributed by atoms with van der Waals surface area (Å²) in [5.41, 5.74) is 6.03. The molecule has 1 heterocycles. The number of piperidine rings is 1. The van der Waals surface area contributed by atoms with Crippen molar-refractivity contribution in [1.82, 2.24) is 10.2 Å². The zero-order valence-electron chi connectivity index (χ0n) is 20.2. The molecule has 174 valence electrons. The number of rotatable bonds is 8. The van der Waals surface area contributed by atoms with Gasteiger partial charge < -0.3 is 15.5 Å². The summed E-state index contributed by atoms with van der Waals surface area (Å²) < 4.78 is 0. The molecule has 0 unspecified atom stereocenters. The van der Waals surface area contributed by atoms with Crippen LogP contribution in [0, 0.1) is 11.3 Å². The fourth-order valence-electron chi connectivity index (χ4n) is 4.51. The molecule has 2 amide bonds. The van der Waals surface area contributed by atoms with E-state index in [4.69, 9.17) is 5.26 Å². The summed E-state index contributed by atoms with van der Waals surface area (Å²) in [6.07, 6.45) is 4.80. The van der Waals surface area contributed by atoms with Crippen LogP contribution < -0.4 is 10.6 Å². The number of hydrogen-bond acceptors (Lipinski definition) is 3. The first-order valence-electron chi connectivity index (χ1n) is 12.1. The van der Waals surface area contributed by atoms with Crippen LogP contribution in [0.25, 0.3) is 5.70 Å². The van der Waals surface area contributed by atoms with Crippen LogP contribution in [0.15, 0.2) is 49.0 Å². The highest BCUT2D eigenvalue weighted by Crippen LogP contribution is 2.32. The van der Waals surface area contributed by atoms with Crippen LogP contribution in [0.4, 0.5) is 10.5 Å². The minimum absolute atomic E-state index is 0.149. The molecule has 1 fully saturated rings. The van der Waals surface area contributed by atoms with E-state index in [1.807, 2.05) is 12.1 Å². The Morgan fingerprint density at radius 1 is 1.12 bits per heavy atom. The number of urea groups is 1. The number of amides is 2. The SMILES string of the molecule is C=C(c1ccc(CC)c(NC(=O)NC(CC)CC)c1)N1CCC(c2ccc(C#N)cc2)CC1. The second-order valence-corrected chi connectivity index (χ2v) is 8.78. The lowest BCUT2D eigenvalue weighted by Crippen LogP contribution is -2.37. The molecule has 1 saturated heterocycles. The lowest BCUT2D eigenvalue weighted by molar-refractivity contribution is 0.247. The standard InChI is InChI=1S/C28H36N4O/c1-5-22-12-13-25(18-27(22)31-28(33)30-26(6-2)7-3)20(4)32-16-14-24(15-17-32)23-10-8-21(19-29)9-11-23/h8-13,18,24,26H,4-7,14-17H2,1-3H3,(H2,30,31,33). The Bertz CT molecular complexity index is 994. The highest BCUT2D eigenvalue weighted by molar-refractivity contribution is 5.91. The quantitative estimate of drug-likeness (QED) is 0.503. The largest absolute Gasteiger partial charge is 0.371 e. The van der Waals surface area contributed by atoms with E-state index in [1.54, 1.807) is 0 Å². The maximum absolute atomic E-state index is 12.5. The van der Waals surface area contributed by atoms with Crippen LogP contribution in [0.2, 0.25) is 0 Å². The molecule has 0 spiro atoms. The van der Waals surface area contributed by atoms with Gasteiger partial charge in [-0.25, -0.2) is 4.79 Å². The highest BCUT2D eigenvalue weighted by Gasteiger charge is 2.22. The van der Waals surface area contributed by atoms with Crippen molar-refractivity contribution in [2.24, 2.45) is 0 Å². The molecule has 2 aromatic rings. The molecule has 0 aliphatic carbocycles. The summed E-state index contributed by atoms with van der Waals surface area (Å²) in [6, 6.07) is 16.5. The van der Waals surface area contributed by atoms with E-state index < -0.39 is 0 Å². The highest BCUT2D eigenvalue weighted by atomic mass is 16.2. The first-order chi connectivity index (χ1) is 16.0. The molecule has 5 nitrogen and oxygen atoms in total. The van der Waals surface area contributed by atoms with E-state index in [-0.39, 0.29) is 12.1 Å². The molecular formula is C28H36N4O. The molecule has 2 aromatic carbocycles. The second-order valence-electron chi connectivity index (χ2n) is 8.78. The smallest absolute Gasteiger partial charge is 0.319 e. The first kappa shape index (κ1) is 24.4. The van der Waals surface area contributed by atoms with Gasteiger partial charge in [0.05, 0.1) is 11.6 Å². The molecular weight excluding hydrogens is 408 g/mol. The third-order valence-electron chi connectivity index (χ3n) is 6.78. The van der Waals surface area contributed by atoms with Crippen LogP contribution in [0.3, 0.4) is 0 Å². The molecule has 1 aliphatic rings. The Morgan fingerprint density at radius 2 is 1.79 bits per heavy atom. The van der Waals surface area contributed by atoms with Gasteiger partial charge in [-0.05, 0) is 72.9 Å². The number of likely N-dealkylation sites (tertiary alicyclic amines) is 1. The van der Waals surface area contributed by atoms with Crippen molar-refractivity contribution in [2.45, 2.75) is 64.8 Å². The molecule has 1 aliphatic heterocycles. The van der Waals surface area contributed by atoms with Crippen molar-refractivity contribution >= 4 is 17.4 Å². The Labute approximate surface area is 198 Å². The summed E-state index contributed by atoms with van der Waals surface area (Å²) in [4.78, 5) is 14.9. The zero-order valence-corrected chi connectivity index (χ0v) is 20.2. The zero-order chi connectivity index (χ0) is 23.8. The van der Waals surface area contributed by atoms with Crippen LogP contribution >= 0.6 is 0 Å². The van der Waals surface area contributed by atoms with Gasteiger partial charge in [0.15, 0.2) is 0 Å².